The zero-order valence-corrected chi connectivity index (χ0v) is 16.4. The van der Waals surface area contributed by atoms with Crippen LogP contribution in [-0.4, -0.2) is 46.8 Å². The second-order valence-corrected chi connectivity index (χ2v) is 6.30. The van der Waals surface area contributed by atoms with E-state index in [1.165, 1.54) is 11.8 Å². The van der Waals surface area contributed by atoms with Crippen LogP contribution in [0.1, 0.15) is 23.0 Å². The van der Waals surface area contributed by atoms with Crippen molar-refractivity contribution >= 4 is 11.9 Å². The van der Waals surface area contributed by atoms with Crippen LogP contribution in [0.3, 0.4) is 0 Å². The molecule has 2 aromatic carbocycles. The number of esters is 1. The van der Waals surface area contributed by atoms with Gasteiger partial charge in [-0.25, -0.2) is 9.48 Å². The number of amides is 1. The molecule has 3 aromatic rings. The van der Waals surface area contributed by atoms with E-state index in [4.69, 9.17) is 9.47 Å². The molecule has 0 unspecified atom stereocenters. The van der Waals surface area contributed by atoms with Crippen molar-refractivity contribution in [3.63, 3.8) is 0 Å². The summed E-state index contributed by atoms with van der Waals surface area (Å²) in [5.74, 6) is -0.699. The van der Waals surface area contributed by atoms with Gasteiger partial charge in [0.15, 0.2) is 12.4 Å². The Morgan fingerprint density at radius 3 is 2.31 bits per heavy atom. The summed E-state index contributed by atoms with van der Waals surface area (Å²) in [6.07, 6.45) is 1.60. The molecule has 0 bridgehead atoms. The smallest absolute Gasteiger partial charge is 0.363 e. The Kier molecular flexibility index (Phi) is 6.63. The molecule has 0 atom stereocenters. The van der Waals surface area contributed by atoms with E-state index >= 15 is 0 Å². The number of rotatable bonds is 8. The van der Waals surface area contributed by atoms with Crippen molar-refractivity contribution in [3.05, 3.63) is 78.1 Å². The van der Waals surface area contributed by atoms with Gasteiger partial charge < -0.3 is 14.4 Å². The highest BCUT2D eigenvalue weighted by molar-refractivity contribution is 5.92. The summed E-state index contributed by atoms with van der Waals surface area (Å²) in [4.78, 5) is 26.6. The molecule has 150 valence electrons. The van der Waals surface area contributed by atoms with Crippen LogP contribution in [0.5, 0.6) is 5.75 Å². The van der Waals surface area contributed by atoms with Gasteiger partial charge in [0.25, 0.3) is 5.91 Å². The fourth-order valence-electron chi connectivity index (χ4n) is 2.83. The number of benzene rings is 2. The van der Waals surface area contributed by atoms with Crippen molar-refractivity contribution in [2.24, 2.45) is 0 Å². The number of nitrogens with zero attached hydrogens (tertiary/aromatic N) is 3. The van der Waals surface area contributed by atoms with Crippen LogP contribution in [0.2, 0.25) is 0 Å². The van der Waals surface area contributed by atoms with Crippen molar-refractivity contribution in [2.75, 3.05) is 20.3 Å². The average molecular weight is 393 g/mol. The third-order valence-corrected chi connectivity index (χ3v) is 4.39. The Labute approximate surface area is 169 Å². The van der Waals surface area contributed by atoms with Crippen LogP contribution in [-0.2, 0) is 16.1 Å². The van der Waals surface area contributed by atoms with E-state index in [9.17, 15) is 9.59 Å². The summed E-state index contributed by atoms with van der Waals surface area (Å²) in [6, 6.07) is 19.0. The summed E-state index contributed by atoms with van der Waals surface area (Å²) in [7, 11) is 1.45. The number of carbonyl (C=O) groups excluding carboxylic acids is 2. The Morgan fingerprint density at radius 1 is 1.03 bits per heavy atom. The SMILES string of the molecule is CCN(Cc1ccccc1)C(=O)COC(=O)c1nn(-c2ccccc2)cc1OC. The van der Waals surface area contributed by atoms with Gasteiger partial charge in [-0.3, -0.25) is 4.79 Å². The quantitative estimate of drug-likeness (QED) is 0.550. The third kappa shape index (κ3) is 5.01. The largest absolute Gasteiger partial charge is 0.493 e. The molecule has 0 spiro atoms. The third-order valence-electron chi connectivity index (χ3n) is 4.39. The van der Waals surface area contributed by atoms with Crippen LogP contribution in [0, 0.1) is 0 Å². The van der Waals surface area contributed by atoms with Gasteiger partial charge in [-0.15, -0.1) is 0 Å². The van der Waals surface area contributed by atoms with E-state index in [0.29, 0.717) is 13.1 Å². The number of aromatic nitrogens is 2. The van der Waals surface area contributed by atoms with Gasteiger partial charge in [-0.1, -0.05) is 48.5 Å². The second kappa shape index (κ2) is 9.54. The lowest BCUT2D eigenvalue weighted by molar-refractivity contribution is -0.135. The molecule has 1 heterocycles. The lowest BCUT2D eigenvalue weighted by Gasteiger charge is -2.20. The number of carbonyl (C=O) groups is 2. The fraction of sp³-hybridized carbons (Fsp3) is 0.227. The van der Waals surface area contributed by atoms with Crippen LogP contribution in [0.15, 0.2) is 66.9 Å². The average Bonchev–Trinajstić information content (AvgIpc) is 3.21. The maximum absolute atomic E-state index is 12.5. The first-order valence-corrected chi connectivity index (χ1v) is 9.30. The molecule has 0 aliphatic heterocycles. The number of likely N-dealkylation sites (N-methyl/N-ethyl adjacent to an activating group) is 1. The van der Waals surface area contributed by atoms with E-state index < -0.39 is 5.97 Å². The Bertz CT molecular complexity index is 955. The zero-order valence-electron chi connectivity index (χ0n) is 16.4. The minimum Gasteiger partial charge on any atom is -0.493 e. The first-order valence-electron chi connectivity index (χ1n) is 9.30. The van der Waals surface area contributed by atoms with Crippen LogP contribution in [0.4, 0.5) is 0 Å². The van der Waals surface area contributed by atoms with Gasteiger partial charge in [0.2, 0.25) is 5.69 Å². The fourth-order valence-corrected chi connectivity index (χ4v) is 2.83. The molecule has 29 heavy (non-hydrogen) atoms. The standard InChI is InChI=1S/C22H23N3O4/c1-3-24(14-17-10-6-4-7-11-17)20(26)16-29-22(27)21-19(28-2)15-25(23-21)18-12-8-5-9-13-18/h4-13,15H,3,14,16H2,1-2H3. The topological polar surface area (TPSA) is 73.7 Å². The molecule has 0 aliphatic rings. The van der Waals surface area contributed by atoms with E-state index in [1.807, 2.05) is 67.6 Å². The summed E-state index contributed by atoms with van der Waals surface area (Å²) < 4.78 is 12.0. The molecule has 7 heteroatoms. The lowest BCUT2D eigenvalue weighted by atomic mass is 10.2. The number of hydrogen-bond acceptors (Lipinski definition) is 5. The van der Waals surface area contributed by atoms with Crippen molar-refractivity contribution in [2.45, 2.75) is 13.5 Å². The first kappa shape index (κ1) is 20.1. The molecule has 1 aromatic heterocycles. The van der Waals surface area contributed by atoms with Gasteiger partial charge in [0.1, 0.15) is 0 Å². The highest BCUT2D eigenvalue weighted by Gasteiger charge is 2.22. The zero-order chi connectivity index (χ0) is 20.6. The summed E-state index contributed by atoms with van der Waals surface area (Å²) in [6.45, 7) is 2.49. The molecule has 3 rings (SSSR count). The Balaban J connectivity index is 1.65. The van der Waals surface area contributed by atoms with Gasteiger partial charge in [-0.05, 0) is 24.6 Å². The molecule has 0 saturated carbocycles. The van der Waals surface area contributed by atoms with E-state index in [0.717, 1.165) is 11.3 Å². The molecule has 0 saturated heterocycles. The van der Waals surface area contributed by atoms with Crippen molar-refractivity contribution in [1.29, 1.82) is 0 Å². The molecular weight excluding hydrogens is 370 g/mol. The maximum Gasteiger partial charge on any atom is 0.363 e. The van der Waals surface area contributed by atoms with E-state index in [-0.39, 0.29) is 24.0 Å². The maximum atomic E-state index is 12.5. The summed E-state index contributed by atoms with van der Waals surface area (Å²) in [5.41, 5.74) is 1.81. The van der Waals surface area contributed by atoms with Crippen LogP contribution < -0.4 is 4.74 Å². The highest BCUT2D eigenvalue weighted by atomic mass is 16.5. The van der Waals surface area contributed by atoms with E-state index in [1.54, 1.807) is 11.1 Å². The van der Waals surface area contributed by atoms with Gasteiger partial charge >= 0.3 is 5.97 Å². The lowest BCUT2D eigenvalue weighted by Crippen LogP contribution is -2.34. The molecular formula is C22H23N3O4. The van der Waals surface area contributed by atoms with Crippen molar-refractivity contribution < 1.29 is 19.1 Å². The highest BCUT2D eigenvalue weighted by Crippen LogP contribution is 2.20. The minimum atomic E-state index is -0.708. The van der Waals surface area contributed by atoms with E-state index in [2.05, 4.69) is 5.10 Å². The van der Waals surface area contributed by atoms with Gasteiger partial charge in [-0.2, -0.15) is 5.10 Å². The number of hydrogen-bond donors (Lipinski definition) is 0. The Morgan fingerprint density at radius 2 is 1.69 bits per heavy atom. The monoisotopic (exact) mass is 393 g/mol. The summed E-state index contributed by atoms with van der Waals surface area (Å²) >= 11 is 0. The molecule has 0 aliphatic carbocycles. The van der Waals surface area contributed by atoms with Gasteiger partial charge in [0.05, 0.1) is 19.0 Å². The Hall–Kier alpha value is -3.61. The number of ether oxygens (including phenoxy) is 2. The summed E-state index contributed by atoms with van der Waals surface area (Å²) in [5, 5.41) is 4.25. The predicted octanol–water partition coefficient (Wildman–Crippen LogP) is 3.09. The molecule has 0 radical (unpaired) electrons. The number of para-hydroxylation sites is 1. The van der Waals surface area contributed by atoms with Crippen molar-refractivity contribution in [1.82, 2.24) is 14.7 Å². The van der Waals surface area contributed by atoms with Crippen LogP contribution in [0.25, 0.3) is 5.69 Å². The van der Waals surface area contributed by atoms with Crippen LogP contribution >= 0.6 is 0 Å². The molecule has 1 amide bonds. The van der Waals surface area contributed by atoms with Crippen molar-refractivity contribution in [3.8, 4) is 11.4 Å². The van der Waals surface area contributed by atoms with Gasteiger partial charge in [0, 0.05) is 13.1 Å². The number of methoxy groups -OCH3 is 1. The molecule has 0 fully saturated rings. The molecule has 0 N–H and O–H groups in total. The predicted molar refractivity (Wildman–Crippen MR) is 108 cm³/mol. The normalized spacial score (nSPS) is 10.4. The first-order chi connectivity index (χ1) is 14.1. The minimum absolute atomic E-state index is 0.0234. The molecule has 7 nitrogen and oxygen atoms in total. The second-order valence-electron chi connectivity index (χ2n) is 6.30.